The van der Waals surface area contributed by atoms with Gasteiger partial charge in [0.05, 0.1) is 26.7 Å². The van der Waals surface area contributed by atoms with Crippen molar-refractivity contribution < 1.29 is 19.1 Å². The SMILES string of the molecule is COCCNCC(=O)NCCC(=O)OC. The molecule has 0 bridgehead atoms. The Labute approximate surface area is 89.3 Å². The van der Waals surface area contributed by atoms with Gasteiger partial charge in [0, 0.05) is 20.2 Å². The average molecular weight is 218 g/mol. The summed E-state index contributed by atoms with van der Waals surface area (Å²) in [5.74, 6) is -0.474. The van der Waals surface area contributed by atoms with Crippen LogP contribution in [0.4, 0.5) is 0 Å². The molecule has 2 N–H and O–H groups in total. The third kappa shape index (κ3) is 9.17. The molecule has 0 radical (unpaired) electrons. The minimum atomic E-state index is -0.331. The van der Waals surface area contributed by atoms with Gasteiger partial charge in [0.1, 0.15) is 0 Å². The lowest BCUT2D eigenvalue weighted by molar-refractivity contribution is -0.140. The van der Waals surface area contributed by atoms with E-state index < -0.39 is 0 Å². The Morgan fingerprint density at radius 1 is 1.20 bits per heavy atom. The maximum atomic E-state index is 11.1. The van der Waals surface area contributed by atoms with Crippen LogP contribution in [0.2, 0.25) is 0 Å². The number of methoxy groups -OCH3 is 2. The van der Waals surface area contributed by atoms with Crippen molar-refractivity contribution in [2.24, 2.45) is 0 Å². The molecule has 88 valence electrons. The van der Waals surface area contributed by atoms with Crippen LogP contribution in [0.15, 0.2) is 0 Å². The lowest BCUT2D eigenvalue weighted by atomic mass is 10.4. The molecule has 0 aromatic heterocycles. The monoisotopic (exact) mass is 218 g/mol. The quantitative estimate of drug-likeness (QED) is 0.399. The molecular weight excluding hydrogens is 200 g/mol. The Morgan fingerprint density at radius 2 is 1.93 bits per heavy atom. The van der Waals surface area contributed by atoms with E-state index in [0.29, 0.717) is 19.7 Å². The van der Waals surface area contributed by atoms with Crippen molar-refractivity contribution in [3.8, 4) is 0 Å². The number of carbonyl (C=O) groups excluding carboxylic acids is 2. The van der Waals surface area contributed by atoms with Crippen molar-refractivity contribution in [2.75, 3.05) is 40.5 Å². The third-order valence-electron chi connectivity index (χ3n) is 1.65. The second-order valence-corrected chi connectivity index (χ2v) is 2.85. The molecule has 0 aliphatic carbocycles. The molecule has 0 saturated carbocycles. The number of carbonyl (C=O) groups is 2. The first-order valence-electron chi connectivity index (χ1n) is 4.74. The van der Waals surface area contributed by atoms with Gasteiger partial charge in [-0.15, -0.1) is 0 Å². The largest absolute Gasteiger partial charge is 0.469 e. The van der Waals surface area contributed by atoms with E-state index in [-0.39, 0.29) is 24.8 Å². The Kier molecular flexibility index (Phi) is 8.70. The molecule has 0 heterocycles. The van der Waals surface area contributed by atoms with Gasteiger partial charge < -0.3 is 20.1 Å². The highest BCUT2D eigenvalue weighted by molar-refractivity contribution is 5.78. The van der Waals surface area contributed by atoms with Crippen LogP contribution < -0.4 is 10.6 Å². The Bertz CT molecular complexity index is 197. The molecule has 0 spiro atoms. The molecule has 6 heteroatoms. The predicted molar refractivity (Wildman–Crippen MR) is 54.4 cm³/mol. The summed E-state index contributed by atoms with van der Waals surface area (Å²) >= 11 is 0. The van der Waals surface area contributed by atoms with E-state index in [1.54, 1.807) is 7.11 Å². The van der Waals surface area contributed by atoms with E-state index in [1.807, 2.05) is 0 Å². The summed E-state index contributed by atoms with van der Waals surface area (Å²) in [5, 5.41) is 5.47. The van der Waals surface area contributed by atoms with Crippen molar-refractivity contribution in [3.05, 3.63) is 0 Å². The summed E-state index contributed by atoms with van der Waals surface area (Å²) in [6.45, 7) is 1.72. The standard InChI is InChI=1S/C9H18N2O4/c1-14-6-5-10-7-8(12)11-4-3-9(13)15-2/h10H,3-7H2,1-2H3,(H,11,12). The normalized spacial score (nSPS) is 9.73. The minimum absolute atomic E-state index is 0.144. The molecule has 0 aliphatic rings. The van der Waals surface area contributed by atoms with Crippen molar-refractivity contribution >= 4 is 11.9 Å². The first kappa shape index (κ1) is 13.9. The number of hydrogen-bond acceptors (Lipinski definition) is 5. The molecule has 0 unspecified atom stereocenters. The fourth-order valence-corrected chi connectivity index (χ4v) is 0.845. The molecule has 15 heavy (non-hydrogen) atoms. The highest BCUT2D eigenvalue weighted by Gasteiger charge is 2.02. The van der Waals surface area contributed by atoms with E-state index in [0.717, 1.165) is 0 Å². The molecular formula is C9H18N2O4. The molecule has 1 amide bonds. The molecule has 0 fully saturated rings. The molecule has 0 aromatic carbocycles. The first-order valence-corrected chi connectivity index (χ1v) is 4.74. The number of ether oxygens (including phenoxy) is 2. The maximum Gasteiger partial charge on any atom is 0.307 e. The van der Waals surface area contributed by atoms with Crippen LogP contribution >= 0.6 is 0 Å². The Balaban J connectivity index is 3.29. The van der Waals surface area contributed by atoms with Crippen molar-refractivity contribution in [2.45, 2.75) is 6.42 Å². The van der Waals surface area contributed by atoms with Crippen molar-refractivity contribution in [3.63, 3.8) is 0 Å². The van der Waals surface area contributed by atoms with E-state index in [9.17, 15) is 9.59 Å². The number of amides is 1. The lowest BCUT2D eigenvalue weighted by Gasteiger charge is -2.05. The number of hydrogen-bond donors (Lipinski definition) is 2. The third-order valence-corrected chi connectivity index (χ3v) is 1.65. The predicted octanol–water partition coefficient (Wildman–Crippen LogP) is -1.10. The van der Waals surface area contributed by atoms with E-state index in [4.69, 9.17) is 4.74 Å². The Hall–Kier alpha value is -1.14. The van der Waals surface area contributed by atoms with Gasteiger partial charge in [-0.2, -0.15) is 0 Å². The molecule has 0 rings (SSSR count). The molecule has 0 aliphatic heterocycles. The van der Waals surface area contributed by atoms with Crippen LogP contribution in [-0.2, 0) is 19.1 Å². The van der Waals surface area contributed by atoms with E-state index in [1.165, 1.54) is 7.11 Å². The van der Waals surface area contributed by atoms with Gasteiger partial charge in [-0.1, -0.05) is 0 Å². The van der Waals surface area contributed by atoms with Crippen LogP contribution in [0.3, 0.4) is 0 Å². The lowest BCUT2D eigenvalue weighted by Crippen LogP contribution is -2.36. The van der Waals surface area contributed by atoms with Gasteiger partial charge in [-0.05, 0) is 0 Å². The number of rotatable bonds is 8. The topological polar surface area (TPSA) is 76.7 Å². The molecule has 0 atom stereocenters. The average Bonchev–Trinajstić information content (AvgIpc) is 2.24. The van der Waals surface area contributed by atoms with E-state index in [2.05, 4.69) is 15.4 Å². The smallest absolute Gasteiger partial charge is 0.307 e. The van der Waals surface area contributed by atoms with Crippen LogP contribution in [0, 0.1) is 0 Å². The zero-order chi connectivity index (χ0) is 11.5. The fraction of sp³-hybridized carbons (Fsp3) is 0.778. The zero-order valence-corrected chi connectivity index (χ0v) is 9.17. The van der Waals surface area contributed by atoms with Crippen LogP contribution in [0.5, 0.6) is 0 Å². The van der Waals surface area contributed by atoms with Crippen LogP contribution in [0.1, 0.15) is 6.42 Å². The van der Waals surface area contributed by atoms with Crippen molar-refractivity contribution in [1.29, 1.82) is 0 Å². The summed E-state index contributed by atoms with van der Waals surface area (Å²) in [6.07, 6.45) is 0.195. The molecule has 0 saturated heterocycles. The van der Waals surface area contributed by atoms with Crippen LogP contribution in [-0.4, -0.2) is 52.3 Å². The summed E-state index contributed by atoms with van der Waals surface area (Å²) in [4.78, 5) is 21.8. The fourth-order valence-electron chi connectivity index (χ4n) is 0.845. The van der Waals surface area contributed by atoms with Gasteiger partial charge in [-0.3, -0.25) is 9.59 Å². The second-order valence-electron chi connectivity index (χ2n) is 2.85. The summed E-state index contributed by atoms with van der Waals surface area (Å²) in [6, 6.07) is 0. The summed E-state index contributed by atoms with van der Waals surface area (Å²) in [5.41, 5.74) is 0. The zero-order valence-electron chi connectivity index (χ0n) is 9.17. The van der Waals surface area contributed by atoms with Gasteiger partial charge in [0.15, 0.2) is 0 Å². The van der Waals surface area contributed by atoms with Gasteiger partial charge in [0.2, 0.25) is 5.91 Å². The highest BCUT2D eigenvalue weighted by atomic mass is 16.5. The molecule has 6 nitrogen and oxygen atoms in total. The van der Waals surface area contributed by atoms with Crippen LogP contribution in [0.25, 0.3) is 0 Å². The summed E-state index contributed by atoms with van der Waals surface area (Å²) < 4.78 is 9.22. The number of esters is 1. The van der Waals surface area contributed by atoms with Crippen molar-refractivity contribution in [1.82, 2.24) is 10.6 Å². The first-order chi connectivity index (χ1) is 7.20. The number of nitrogens with one attached hydrogen (secondary N) is 2. The minimum Gasteiger partial charge on any atom is -0.469 e. The molecule has 0 aromatic rings. The summed E-state index contributed by atoms with van der Waals surface area (Å²) in [7, 11) is 2.91. The maximum absolute atomic E-state index is 11.1. The van der Waals surface area contributed by atoms with Gasteiger partial charge in [0.25, 0.3) is 0 Å². The highest BCUT2D eigenvalue weighted by Crippen LogP contribution is 1.80. The van der Waals surface area contributed by atoms with Gasteiger partial charge in [-0.25, -0.2) is 0 Å². The second kappa shape index (κ2) is 9.42. The Morgan fingerprint density at radius 3 is 2.53 bits per heavy atom. The van der Waals surface area contributed by atoms with E-state index >= 15 is 0 Å². The van der Waals surface area contributed by atoms with Gasteiger partial charge >= 0.3 is 5.97 Å².